The van der Waals surface area contributed by atoms with Gasteiger partial charge < -0.3 is 17.3 Å². The standard InChI is InChI=1S/C13H6Cl2N5.H3N/c14-9-3-1-7(2-4-9)13-19-11(8(5-16)6-17)10(15)12(18)20-13;/h1-4H,(H2,18,19,20);1H3/q-1;/p+1. The molecule has 106 valence electrons. The van der Waals surface area contributed by atoms with Gasteiger partial charge in [0.15, 0.2) is 5.82 Å². The lowest BCUT2D eigenvalue weighted by Crippen LogP contribution is -2.02. The number of hydrogen-bond acceptors (Lipinski definition) is 4. The maximum Gasteiger partial charge on any atom is 0.162 e. The van der Waals surface area contributed by atoms with Crippen molar-refractivity contribution in [3.63, 3.8) is 0 Å². The lowest BCUT2D eigenvalue weighted by Gasteiger charge is -2.08. The van der Waals surface area contributed by atoms with Gasteiger partial charge >= 0.3 is 0 Å². The van der Waals surface area contributed by atoms with Crippen molar-refractivity contribution in [2.75, 3.05) is 5.73 Å². The van der Waals surface area contributed by atoms with Gasteiger partial charge in [-0.2, -0.15) is 5.26 Å². The van der Waals surface area contributed by atoms with Crippen LogP contribution in [0.2, 0.25) is 10.0 Å². The third-order valence-corrected chi connectivity index (χ3v) is 3.06. The van der Waals surface area contributed by atoms with E-state index in [2.05, 4.69) is 9.97 Å². The Bertz CT molecular complexity index is 757. The molecule has 6 N–H and O–H groups in total. The molecular formula is C13H10Cl2N6. The fraction of sp³-hybridized carbons (Fsp3) is 0. The minimum atomic E-state index is -0.223. The van der Waals surface area contributed by atoms with Crippen LogP contribution in [0, 0.1) is 11.3 Å². The van der Waals surface area contributed by atoms with Crippen LogP contribution in [0.15, 0.2) is 24.3 Å². The predicted octanol–water partition coefficient (Wildman–Crippen LogP) is 3.55. The quantitative estimate of drug-likeness (QED) is 0.645. The molecule has 2 aromatic rings. The zero-order valence-corrected chi connectivity index (χ0v) is 12.4. The number of quaternary nitrogens is 1. The first-order valence-electron chi connectivity index (χ1n) is 5.33. The van der Waals surface area contributed by atoms with E-state index in [1.807, 2.05) is 0 Å². The lowest BCUT2D eigenvalue weighted by atomic mass is 10.2. The number of nitriles is 1. The number of halogens is 2. The highest BCUT2D eigenvalue weighted by Gasteiger charge is 2.14. The van der Waals surface area contributed by atoms with E-state index in [4.69, 9.17) is 39.6 Å². The van der Waals surface area contributed by atoms with Crippen LogP contribution in [0.1, 0.15) is 5.69 Å². The molecule has 8 heteroatoms. The molecule has 0 spiro atoms. The minimum absolute atomic E-state index is 0. The fourth-order valence-corrected chi connectivity index (χ4v) is 1.79. The molecule has 0 fully saturated rings. The Balaban J connectivity index is 0.00000220. The van der Waals surface area contributed by atoms with Gasteiger partial charge in [-0.25, -0.2) is 15.8 Å². The maximum absolute atomic E-state index is 8.91. The average molecular weight is 321 g/mol. The number of nitrogen functional groups attached to an aromatic ring is 1. The highest BCUT2D eigenvalue weighted by atomic mass is 35.5. The SMILES string of the molecule is N#CC(=C=[N-])c1nc(-c2ccc(Cl)cc2)nc(N)c1Cl.[NH4+]. The molecule has 1 aromatic heterocycles. The maximum atomic E-state index is 8.91. The number of allylic oxidation sites excluding steroid dienone is 1. The van der Waals surface area contributed by atoms with Crippen LogP contribution in [-0.4, -0.2) is 15.8 Å². The predicted molar refractivity (Wildman–Crippen MR) is 85.3 cm³/mol. The van der Waals surface area contributed by atoms with Gasteiger partial charge in [0.2, 0.25) is 0 Å². The van der Waals surface area contributed by atoms with E-state index in [9.17, 15) is 0 Å². The second-order valence-electron chi connectivity index (χ2n) is 3.70. The molecule has 2 rings (SSSR count). The summed E-state index contributed by atoms with van der Waals surface area (Å²) in [4.78, 5) is 8.17. The highest BCUT2D eigenvalue weighted by Crippen LogP contribution is 2.28. The Labute approximate surface area is 130 Å². The van der Waals surface area contributed by atoms with Gasteiger partial charge in [0, 0.05) is 10.6 Å². The molecule has 0 radical (unpaired) electrons. The van der Waals surface area contributed by atoms with E-state index in [-0.39, 0.29) is 34.1 Å². The molecule has 0 aliphatic carbocycles. The number of hydrogen-bond donors (Lipinski definition) is 2. The summed E-state index contributed by atoms with van der Waals surface area (Å²) in [6.07, 6.45) is 0. The van der Waals surface area contributed by atoms with Gasteiger partial charge in [0.05, 0.1) is 5.57 Å². The molecule has 0 saturated heterocycles. The van der Waals surface area contributed by atoms with Crippen LogP contribution < -0.4 is 11.9 Å². The number of benzene rings is 1. The molecule has 0 atom stereocenters. The summed E-state index contributed by atoms with van der Waals surface area (Å²) in [7, 11) is 0. The van der Waals surface area contributed by atoms with Crippen molar-refractivity contribution < 1.29 is 0 Å². The van der Waals surface area contributed by atoms with Crippen LogP contribution in [0.3, 0.4) is 0 Å². The molecule has 0 saturated carbocycles. The number of aromatic nitrogens is 2. The van der Waals surface area contributed by atoms with Crippen molar-refractivity contribution in [1.29, 1.82) is 5.26 Å². The van der Waals surface area contributed by atoms with Crippen molar-refractivity contribution in [2.45, 2.75) is 0 Å². The topological polar surface area (TPSA) is 134 Å². The van der Waals surface area contributed by atoms with E-state index in [1.54, 1.807) is 36.2 Å². The van der Waals surface area contributed by atoms with Crippen LogP contribution in [0.4, 0.5) is 5.82 Å². The Kier molecular flexibility index (Phi) is 5.42. The molecule has 1 heterocycles. The van der Waals surface area contributed by atoms with Crippen LogP contribution in [0.25, 0.3) is 22.4 Å². The number of nitrogens with two attached hydrogens (primary N) is 1. The number of rotatable bonds is 2. The second-order valence-corrected chi connectivity index (χ2v) is 4.51. The lowest BCUT2D eigenvalue weighted by molar-refractivity contribution is 1.16. The summed E-state index contributed by atoms with van der Waals surface area (Å²) >= 11 is 11.7. The first kappa shape index (κ1) is 16.6. The van der Waals surface area contributed by atoms with Crippen molar-refractivity contribution >= 4 is 40.5 Å². The van der Waals surface area contributed by atoms with E-state index in [0.717, 1.165) is 0 Å². The van der Waals surface area contributed by atoms with E-state index in [0.29, 0.717) is 10.6 Å². The monoisotopic (exact) mass is 320 g/mol. The van der Waals surface area contributed by atoms with Gasteiger partial charge in [-0.15, -0.1) is 0 Å². The summed E-state index contributed by atoms with van der Waals surface area (Å²) in [5.74, 6) is 2.00. The molecule has 6 nitrogen and oxygen atoms in total. The molecule has 0 amide bonds. The Morgan fingerprint density at radius 1 is 1.19 bits per heavy atom. The Hall–Kier alpha value is -2.42. The third-order valence-electron chi connectivity index (χ3n) is 2.44. The molecule has 0 aliphatic rings. The molecule has 0 aliphatic heterocycles. The van der Waals surface area contributed by atoms with Crippen LogP contribution in [0.5, 0.6) is 0 Å². The van der Waals surface area contributed by atoms with E-state index < -0.39 is 0 Å². The Morgan fingerprint density at radius 2 is 1.81 bits per heavy atom. The molecule has 0 bridgehead atoms. The van der Waals surface area contributed by atoms with Crippen LogP contribution >= 0.6 is 23.2 Å². The number of anilines is 1. The van der Waals surface area contributed by atoms with Gasteiger partial charge in [-0.1, -0.05) is 23.2 Å². The zero-order valence-electron chi connectivity index (χ0n) is 10.9. The summed E-state index contributed by atoms with van der Waals surface area (Å²) < 4.78 is 0. The van der Waals surface area contributed by atoms with Crippen molar-refractivity contribution in [1.82, 2.24) is 16.1 Å². The molecule has 1 aromatic carbocycles. The first-order chi connectivity index (χ1) is 9.56. The first-order valence-corrected chi connectivity index (χ1v) is 6.09. The molecular weight excluding hydrogens is 311 g/mol. The summed E-state index contributed by atoms with van der Waals surface area (Å²) in [5.41, 5.74) is 6.14. The Morgan fingerprint density at radius 3 is 2.33 bits per heavy atom. The van der Waals surface area contributed by atoms with Gasteiger partial charge in [0.25, 0.3) is 0 Å². The second kappa shape index (κ2) is 6.84. The zero-order chi connectivity index (χ0) is 14.7. The van der Waals surface area contributed by atoms with Crippen molar-refractivity contribution in [3.8, 4) is 17.5 Å². The third kappa shape index (κ3) is 3.37. The van der Waals surface area contributed by atoms with Crippen molar-refractivity contribution in [2.24, 2.45) is 0 Å². The van der Waals surface area contributed by atoms with Crippen LogP contribution in [-0.2, 0) is 0 Å². The summed E-state index contributed by atoms with van der Waals surface area (Å²) in [5, 5.41) is 18.4. The van der Waals surface area contributed by atoms with E-state index in [1.165, 1.54) is 0 Å². The normalized spacial score (nSPS) is 9.19. The largest absolute Gasteiger partial charge is 0.762 e. The smallest absolute Gasteiger partial charge is 0.162 e. The summed E-state index contributed by atoms with van der Waals surface area (Å²) in [6.45, 7) is 0. The molecule has 0 unspecified atom stereocenters. The number of nitrogens with zero attached hydrogens (tertiary/aromatic N) is 4. The van der Waals surface area contributed by atoms with Gasteiger partial charge in [0.1, 0.15) is 22.6 Å². The summed E-state index contributed by atoms with van der Waals surface area (Å²) in [6, 6.07) is 8.47. The molecule has 21 heavy (non-hydrogen) atoms. The highest BCUT2D eigenvalue weighted by molar-refractivity contribution is 6.35. The minimum Gasteiger partial charge on any atom is -0.762 e. The van der Waals surface area contributed by atoms with Gasteiger partial charge in [-0.05, 0) is 24.3 Å². The fourth-order valence-electron chi connectivity index (χ4n) is 1.49. The van der Waals surface area contributed by atoms with E-state index >= 15 is 0 Å². The van der Waals surface area contributed by atoms with Gasteiger partial charge in [-0.3, -0.25) is 0 Å². The van der Waals surface area contributed by atoms with Crippen molar-refractivity contribution in [3.05, 3.63) is 45.4 Å². The average Bonchev–Trinajstić information content (AvgIpc) is 2.45.